The van der Waals surface area contributed by atoms with Crippen molar-refractivity contribution in [3.05, 3.63) is 33.8 Å². The van der Waals surface area contributed by atoms with E-state index in [1.807, 2.05) is 0 Å². The summed E-state index contributed by atoms with van der Waals surface area (Å²) in [4.78, 5) is 15.8. The normalized spacial score (nSPS) is 13.9. The average Bonchev–Trinajstić information content (AvgIpc) is 2.57. The lowest BCUT2D eigenvalue weighted by atomic mass is 10.2. The summed E-state index contributed by atoms with van der Waals surface area (Å²) in [7, 11) is 0. The van der Waals surface area contributed by atoms with E-state index in [1.54, 1.807) is 6.21 Å². The Hall–Kier alpha value is -1.62. The number of aliphatic imine (C=N–C) groups is 1. The van der Waals surface area contributed by atoms with Gasteiger partial charge in [-0.25, -0.2) is 4.68 Å². The first-order chi connectivity index (χ1) is 7.22. The molecule has 0 saturated heterocycles. The lowest BCUT2D eigenvalue weighted by molar-refractivity contribution is 0.322. The number of aromatic nitrogens is 2. The van der Waals surface area contributed by atoms with Crippen LogP contribution in [0.2, 0.25) is 0 Å². The minimum Gasteiger partial charge on any atom is -0.392 e. The van der Waals surface area contributed by atoms with Gasteiger partial charge in [0.1, 0.15) is 0 Å². The van der Waals surface area contributed by atoms with Gasteiger partial charge in [-0.05, 0) is 5.57 Å². The minimum absolute atomic E-state index is 0.0944. The first kappa shape index (κ1) is 9.92. The molecule has 0 radical (unpaired) electrons. The third kappa shape index (κ3) is 1.78. The van der Waals surface area contributed by atoms with Crippen LogP contribution in [-0.4, -0.2) is 34.3 Å². The molecule has 1 aromatic rings. The van der Waals surface area contributed by atoms with Gasteiger partial charge in [-0.1, -0.05) is 6.58 Å². The van der Waals surface area contributed by atoms with E-state index in [0.717, 1.165) is 12.1 Å². The molecule has 1 aliphatic rings. The predicted octanol–water partition coefficient (Wildman–Crippen LogP) is -0.300. The molecule has 0 fully saturated rings. The Morgan fingerprint density at radius 1 is 1.73 bits per heavy atom. The molecule has 15 heavy (non-hydrogen) atoms. The number of aliphatic hydroxyl groups is 1. The van der Waals surface area contributed by atoms with Gasteiger partial charge >= 0.3 is 0 Å². The van der Waals surface area contributed by atoms with Gasteiger partial charge in [-0.3, -0.25) is 14.9 Å². The van der Waals surface area contributed by atoms with Crippen molar-refractivity contribution in [1.82, 2.24) is 9.78 Å². The zero-order valence-electron chi connectivity index (χ0n) is 8.36. The molecule has 0 unspecified atom stereocenters. The van der Waals surface area contributed by atoms with Crippen molar-refractivity contribution in [1.29, 1.82) is 0 Å². The molecular weight excluding hydrogens is 194 g/mol. The van der Waals surface area contributed by atoms with Crippen molar-refractivity contribution >= 4 is 6.21 Å². The smallest absolute Gasteiger partial charge is 0.275 e. The second-order valence-electron chi connectivity index (χ2n) is 3.59. The Morgan fingerprint density at radius 2 is 2.53 bits per heavy atom. The highest BCUT2D eigenvalue weighted by Gasteiger charge is 2.14. The van der Waals surface area contributed by atoms with Crippen molar-refractivity contribution in [3.8, 4) is 0 Å². The molecule has 5 nitrogen and oxygen atoms in total. The number of nitrogens with zero attached hydrogens (tertiary/aromatic N) is 2. The monoisotopic (exact) mass is 207 g/mol. The fraction of sp³-hybridized carbons (Fsp3) is 0.400. The van der Waals surface area contributed by atoms with E-state index >= 15 is 0 Å². The molecule has 0 bridgehead atoms. The van der Waals surface area contributed by atoms with Crippen LogP contribution in [0.1, 0.15) is 11.3 Å². The third-order valence-electron chi connectivity index (χ3n) is 2.39. The zero-order chi connectivity index (χ0) is 10.8. The van der Waals surface area contributed by atoms with E-state index < -0.39 is 0 Å². The van der Waals surface area contributed by atoms with Crippen LogP contribution in [0.5, 0.6) is 0 Å². The Labute approximate surface area is 86.7 Å². The van der Waals surface area contributed by atoms with E-state index in [4.69, 9.17) is 5.11 Å². The Morgan fingerprint density at radius 3 is 3.20 bits per heavy atom. The molecule has 0 atom stereocenters. The number of rotatable bonds is 3. The second kappa shape index (κ2) is 3.86. The average molecular weight is 207 g/mol. The second-order valence-corrected chi connectivity index (χ2v) is 3.59. The van der Waals surface area contributed by atoms with Crippen LogP contribution in [0.3, 0.4) is 0 Å². The van der Waals surface area contributed by atoms with E-state index in [1.165, 1.54) is 4.68 Å². The number of fused-ring (bicyclic) bond motifs is 1. The van der Waals surface area contributed by atoms with E-state index in [2.05, 4.69) is 16.7 Å². The van der Waals surface area contributed by atoms with Gasteiger partial charge in [0.15, 0.2) is 0 Å². The van der Waals surface area contributed by atoms with Crippen LogP contribution in [0.15, 0.2) is 21.9 Å². The topological polar surface area (TPSA) is 70.4 Å². The molecule has 5 heteroatoms. The quantitative estimate of drug-likeness (QED) is 0.668. The molecule has 2 N–H and O–H groups in total. The highest BCUT2D eigenvalue weighted by atomic mass is 16.3. The minimum atomic E-state index is -0.107. The van der Waals surface area contributed by atoms with Gasteiger partial charge in [0.05, 0.1) is 18.7 Å². The molecule has 0 aliphatic carbocycles. The number of aromatic amines is 1. The van der Waals surface area contributed by atoms with E-state index in [9.17, 15) is 4.79 Å². The first-order valence-electron chi connectivity index (χ1n) is 4.81. The molecule has 2 rings (SSSR count). The summed E-state index contributed by atoms with van der Waals surface area (Å²) in [5.74, 6) is 0. The Kier molecular flexibility index (Phi) is 2.55. The summed E-state index contributed by atoms with van der Waals surface area (Å²) >= 11 is 0. The zero-order valence-corrected chi connectivity index (χ0v) is 8.36. The van der Waals surface area contributed by atoms with Crippen molar-refractivity contribution < 1.29 is 5.11 Å². The third-order valence-corrected chi connectivity index (χ3v) is 2.39. The summed E-state index contributed by atoms with van der Waals surface area (Å²) in [5.41, 5.74) is 2.06. The molecule has 80 valence electrons. The summed E-state index contributed by atoms with van der Waals surface area (Å²) in [6.45, 7) is 4.59. The lowest BCUT2D eigenvalue weighted by Crippen LogP contribution is -2.20. The number of H-pyrrole nitrogens is 1. The lowest BCUT2D eigenvalue weighted by Gasteiger charge is -2.02. The van der Waals surface area contributed by atoms with Crippen LogP contribution in [0, 0.1) is 0 Å². The molecule has 0 amide bonds. The van der Waals surface area contributed by atoms with E-state index in [0.29, 0.717) is 24.2 Å². The maximum absolute atomic E-state index is 11.8. The fourth-order valence-electron chi connectivity index (χ4n) is 1.59. The van der Waals surface area contributed by atoms with Crippen molar-refractivity contribution in [2.45, 2.75) is 13.0 Å². The number of hydrogen-bond acceptors (Lipinski definition) is 3. The van der Waals surface area contributed by atoms with Crippen molar-refractivity contribution in [2.75, 3.05) is 13.2 Å². The van der Waals surface area contributed by atoms with Gasteiger partial charge < -0.3 is 5.11 Å². The maximum Gasteiger partial charge on any atom is 0.275 e. The van der Waals surface area contributed by atoms with E-state index in [-0.39, 0.29) is 12.2 Å². The van der Waals surface area contributed by atoms with Gasteiger partial charge in [0, 0.05) is 24.9 Å². The van der Waals surface area contributed by atoms with Crippen LogP contribution in [-0.2, 0) is 13.0 Å². The Balaban J connectivity index is 2.34. The summed E-state index contributed by atoms with van der Waals surface area (Å²) in [5, 5.41) is 11.8. The predicted molar refractivity (Wildman–Crippen MR) is 57.4 cm³/mol. The fourth-order valence-corrected chi connectivity index (χ4v) is 1.59. The first-order valence-corrected chi connectivity index (χ1v) is 4.81. The SMILES string of the molecule is C=C(CO)Cn1[nH]c2c(c1=O)C=NCC2. The highest BCUT2D eigenvalue weighted by molar-refractivity contribution is 5.81. The molecule has 0 aromatic carbocycles. The molecule has 0 saturated carbocycles. The highest BCUT2D eigenvalue weighted by Crippen LogP contribution is 2.05. The summed E-state index contributed by atoms with van der Waals surface area (Å²) in [6, 6.07) is 0. The van der Waals surface area contributed by atoms with Crippen molar-refractivity contribution in [2.24, 2.45) is 4.99 Å². The van der Waals surface area contributed by atoms with Gasteiger partial charge in [-0.2, -0.15) is 0 Å². The molecule has 1 aliphatic heterocycles. The van der Waals surface area contributed by atoms with Gasteiger partial charge in [0.2, 0.25) is 0 Å². The number of aliphatic hydroxyl groups excluding tert-OH is 1. The standard InChI is InChI=1S/C10H13N3O2/c1-7(6-14)5-13-10(15)8-4-11-3-2-9(8)12-13/h4,12,14H,1-3,5-6H2. The number of nitrogens with one attached hydrogen (secondary N) is 1. The summed E-state index contributed by atoms with van der Waals surface area (Å²) in [6.07, 6.45) is 2.37. The van der Waals surface area contributed by atoms with Crippen LogP contribution < -0.4 is 5.56 Å². The van der Waals surface area contributed by atoms with Gasteiger partial charge in [0.25, 0.3) is 5.56 Å². The largest absolute Gasteiger partial charge is 0.392 e. The Bertz CT molecular complexity index is 468. The van der Waals surface area contributed by atoms with Crippen LogP contribution in [0.4, 0.5) is 0 Å². The molecule has 2 heterocycles. The molecule has 0 spiro atoms. The van der Waals surface area contributed by atoms with Crippen molar-refractivity contribution in [3.63, 3.8) is 0 Å². The maximum atomic E-state index is 11.8. The van der Waals surface area contributed by atoms with Gasteiger partial charge in [-0.15, -0.1) is 0 Å². The summed E-state index contributed by atoms with van der Waals surface area (Å²) < 4.78 is 1.46. The molecule has 1 aromatic heterocycles. The number of hydrogen-bond donors (Lipinski definition) is 2. The van der Waals surface area contributed by atoms with Crippen LogP contribution in [0.25, 0.3) is 0 Å². The van der Waals surface area contributed by atoms with Crippen LogP contribution >= 0.6 is 0 Å². The molecular formula is C10H13N3O2.